The minimum atomic E-state index is -0.927. The largest absolute Gasteiger partial charge is 0.387 e. The summed E-state index contributed by atoms with van der Waals surface area (Å²) in [4.78, 5) is 12.3. The lowest BCUT2D eigenvalue weighted by molar-refractivity contribution is 0.163. The molecule has 4 rings (SSSR count). The number of hydrogen-bond acceptors (Lipinski definition) is 8. The highest BCUT2D eigenvalue weighted by Gasteiger charge is 2.26. The predicted octanol–water partition coefficient (Wildman–Crippen LogP) is 3.94. The first kappa shape index (κ1) is 22.7. The molecule has 0 radical (unpaired) electrons. The van der Waals surface area contributed by atoms with E-state index in [0.717, 1.165) is 12.8 Å². The van der Waals surface area contributed by atoms with E-state index in [1.165, 1.54) is 10.7 Å². The van der Waals surface area contributed by atoms with Gasteiger partial charge in [-0.2, -0.15) is 10.2 Å². The lowest BCUT2D eigenvalue weighted by atomic mass is 10.0. The van der Waals surface area contributed by atoms with E-state index in [9.17, 15) is 10.4 Å². The number of anilines is 3. The molecular formula is C22H24ClN9O. The van der Waals surface area contributed by atoms with Crippen LogP contribution < -0.4 is 16.0 Å². The summed E-state index contributed by atoms with van der Waals surface area (Å²) >= 11 is 6.62. The van der Waals surface area contributed by atoms with Gasteiger partial charge in [0, 0.05) is 23.7 Å². The number of hydrogen-bond donors (Lipinski definition) is 4. The maximum atomic E-state index is 10.7. The van der Waals surface area contributed by atoms with Crippen molar-refractivity contribution >= 4 is 40.5 Å². The molecule has 1 aliphatic carbocycles. The first-order chi connectivity index (χ1) is 15.7. The van der Waals surface area contributed by atoms with Gasteiger partial charge in [-0.15, -0.1) is 4.52 Å². The Bertz CT molecular complexity index is 1280. The van der Waals surface area contributed by atoms with Crippen LogP contribution in [0.2, 0.25) is 5.02 Å². The Morgan fingerprint density at radius 1 is 1.39 bits per heavy atom. The second kappa shape index (κ2) is 8.83. The van der Waals surface area contributed by atoms with Gasteiger partial charge in [-0.3, -0.25) is 0 Å². The van der Waals surface area contributed by atoms with Crippen molar-refractivity contribution < 1.29 is 5.11 Å². The highest BCUT2D eigenvalue weighted by Crippen LogP contribution is 2.34. The predicted molar refractivity (Wildman–Crippen MR) is 126 cm³/mol. The number of imidazole rings is 1. The third-order valence-electron chi connectivity index (χ3n) is 5.04. The van der Waals surface area contributed by atoms with E-state index in [4.69, 9.17) is 18.2 Å². The maximum absolute atomic E-state index is 10.7. The number of aliphatic hydroxyl groups excluding tert-OH is 1. The van der Waals surface area contributed by atoms with Crippen molar-refractivity contribution in [2.75, 3.05) is 17.2 Å². The highest BCUT2D eigenvalue weighted by molar-refractivity contribution is 6.34. The second-order valence-electron chi connectivity index (χ2n) is 8.98. The van der Waals surface area contributed by atoms with E-state index in [1.807, 2.05) is 20.8 Å². The summed E-state index contributed by atoms with van der Waals surface area (Å²) in [5.74, 6) is 0.932. The number of aromatic nitrogens is 4. The summed E-state index contributed by atoms with van der Waals surface area (Å²) in [6.45, 7) is 13.6. The number of benzene rings is 1. The summed E-state index contributed by atoms with van der Waals surface area (Å²) in [7, 11) is 0. The van der Waals surface area contributed by atoms with E-state index >= 15 is 0 Å². The zero-order valence-electron chi connectivity index (χ0n) is 18.5. The van der Waals surface area contributed by atoms with Gasteiger partial charge in [-0.1, -0.05) is 23.3 Å². The molecule has 1 fully saturated rings. The molecule has 0 amide bonds. The number of nitrogens with one attached hydrogen (secondary N) is 3. The van der Waals surface area contributed by atoms with Gasteiger partial charge >= 0.3 is 0 Å². The molecule has 0 saturated heterocycles. The fourth-order valence-corrected chi connectivity index (χ4v) is 3.48. The summed E-state index contributed by atoms with van der Waals surface area (Å²) in [5.41, 5.74) is 1.38. The van der Waals surface area contributed by atoms with E-state index in [0.29, 0.717) is 34.3 Å². The first-order valence-electron chi connectivity index (χ1n) is 10.5. The van der Waals surface area contributed by atoms with Crippen LogP contribution in [0.5, 0.6) is 0 Å². The molecule has 2 aromatic heterocycles. The zero-order valence-corrected chi connectivity index (χ0v) is 19.3. The van der Waals surface area contributed by atoms with Crippen LogP contribution in [0, 0.1) is 17.9 Å². The fraction of sp³-hybridized carbons (Fsp3) is 0.409. The highest BCUT2D eigenvalue weighted by atomic mass is 35.5. The Hall–Kier alpha value is -3.44. The maximum Gasteiger partial charge on any atom is 0.275 e. The van der Waals surface area contributed by atoms with Gasteiger partial charge < -0.3 is 25.9 Å². The Kier molecular flexibility index (Phi) is 6.09. The van der Waals surface area contributed by atoms with Crippen molar-refractivity contribution in [2.24, 2.45) is 0 Å². The Labute approximate surface area is 196 Å². The minimum Gasteiger partial charge on any atom is -0.387 e. The average molecular weight is 466 g/mol. The zero-order chi connectivity index (χ0) is 23.8. The van der Waals surface area contributed by atoms with Crippen LogP contribution >= 0.6 is 11.6 Å². The van der Waals surface area contributed by atoms with Crippen molar-refractivity contribution in [1.29, 1.82) is 5.26 Å². The van der Waals surface area contributed by atoms with Crippen molar-refractivity contribution in [2.45, 2.75) is 51.3 Å². The summed E-state index contributed by atoms with van der Waals surface area (Å²) < 4.78 is 1.41. The first-order valence-corrected chi connectivity index (χ1v) is 10.9. The molecule has 1 saturated carbocycles. The number of rotatable bonds is 7. The molecule has 33 heavy (non-hydrogen) atoms. The minimum absolute atomic E-state index is 0.179. The number of nitriles is 1. The van der Waals surface area contributed by atoms with Crippen molar-refractivity contribution in [3.8, 4) is 6.07 Å². The molecule has 1 atom stereocenters. The van der Waals surface area contributed by atoms with Gasteiger partial charge in [0.1, 0.15) is 0 Å². The Balaban J connectivity index is 1.71. The standard InChI is InChI=1S/C22H24ClN9O/c1-22(2,3)27-10-16(33)14-7-12(9-24)8-15(18(14)23)29-21-30-19(28-13-5-6-13)20-26-11-17(25-4)32(20)31-21/h7-8,11,13,16,27,33H,5-6,10H2,1-3H3,(H2,28,29,30,31). The molecule has 10 nitrogen and oxygen atoms in total. The SMILES string of the molecule is [C-]#[N+]c1cnc2c(NC3CC3)nc(Nc3cc(C#N)cc(C(O)CNC(C)(C)C)c3Cl)nn12. The molecule has 1 aromatic carbocycles. The van der Waals surface area contributed by atoms with Gasteiger partial charge in [0.15, 0.2) is 5.82 Å². The van der Waals surface area contributed by atoms with Crippen LogP contribution in [0.4, 0.5) is 23.3 Å². The molecule has 1 unspecified atom stereocenters. The van der Waals surface area contributed by atoms with Gasteiger partial charge in [-0.25, -0.2) is 4.98 Å². The average Bonchev–Trinajstić information content (AvgIpc) is 3.49. The molecule has 0 spiro atoms. The summed E-state index contributed by atoms with van der Waals surface area (Å²) in [6, 6.07) is 5.55. The molecule has 170 valence electrons. The van der Waals surface area contributed by atoms with E-state index in [2.05, 4.69) is 41.9 Å². The monoisotopic (exact) mass is 465 g/mol. The molecular weight excluding hydrogens is 442 g/mol. The van der Waals surface area contributed by atoms with E-state index in [1.54, 1.807) is 12.1 Å². The number of nitrogens with zero attached hydrogens (tertiary/aromatic N) is 6. The van der Waals surface area contributed by atoms with Crippen molar-refractivity contribution in [3.05, 3.63) is 45.9 Å². The lowest BCUT2D eigenvalue weighted by Gasteiger charge is -2.24. The number of β-amino-alcohol motifs (C(OH)–C–C–N with tert-alkyl or cyclic N) is 1. The fourth-order valence-electron chi connectivity index (χ4n) is 3.19. The smallest absolute Gasteiger partial charge is 0.275 e. The molecule has 1 aliphatic rings. The van der Waals surface area contributed by atoms with Crippen LogP contribution in [0.25, 0.3) is 10.5 Å². The quantitative estimate of drug-likeness (QED) is 0.386. The Morgan fingerprint density at radius 2 is 2.15 bits per heavy atom. The summed E-state index contributed by atoms with van der Waals surface area (Å²) in [6.07, 6.45) is 2.59. The normalized spacial score (nSPS) is 14.5. The second-order valence-corrected chi connectivity index (χ2v) is 9.35. The van der Waals surface area contributed by atoms with Crippen LogP contribution in [-0.4, -0.2) is 42.8 Å². The van der Waals surface area contributed by atoms with Crippen LogP contribution in [0.1, 0.15) is 50.8 Å². The topological polar surface area (TPSA) is 128 Å². The van der Waals surface area contributed by atoms with Crippen LogP contribution in [0.3, 0.4) is 0 Å². The van der Waals surface area contributed by atoms with E-state index < -0.39 is 6.10 Å². The summed E-state index contributed by atoms with van der Waals surface area (Å²) in [5, 5.41) is 34.5. The molecule has 2 heterocycles. The molecule has 11 heteroatoms. The molecule has 0 bridgehead atoms. The van der Waals surface area contributed by atoms with E-state index in [-0.39, 0.29) is 28.9 Å². The van der Waals surface area contributed by atoms with Gasteiger partial charge in [-0.05, 0) is 45.7 Å². The van der Waals surface area contributed by atoms with Crippen LogP contribution in [-0.2, 0) is 0 Å². The van der Waals surface area contributed by atoms with Gasteiger partial charge in [0.05, 0.1) is 34.6 Å². The Morgan fingerprint density at radius 3 is 2.79 bits per heavy atom. The van der Waals surface area contributed by atoms with Gasteiger partial charge in [0.2, 0.25) is 0 Å². The number of fused-ring (bicyclic) bond motifs is 1. The molecule has 0 aliphatic heterocycles. The van der Waals surface area contributed by atoms with Crippen LogP contribution in [0.15, 0.2) is 18.3 Å². The van der Waals surface area contributed by atoms with Gasteiger partial charge in [0.25, 0.3) is 17.4 Å². The molecule has 3 aromatic rings. The van der Waals surface area contributed by atoms with Crippen molar-refractivity contribution in [1.82, 2.24) is 24.9 Å². The van der Waals surface area contributed by atoms with Crippen molar-refractivity contribution in [3.63, 3.8) is 0 Å². The number of aliphatic hydroxyl groups is 1. The lowest BCUT2D eigenvalue weighted by Crippen LogP contribution is -2.38. The number of halogens is 1. The third kappa shape index (κ3) is 5.15. The molecule has 4 N–H and O–H groups in total. The third-order valence-corrected chi connectivity index (χ3v) is 5.46.